The van der Waals surface area contributed by atoms with Crippen LogP contribution in [0.25, 0.3) is 22.4 Å². The molecule has 0 aliphatic rings. The molecular formula is C32H28Br4. The fourth-order valence-corrected chi connectivity index (χ4v) is 5.84. The minimum absolute atomic E-state index is 0.755. The Kier molecular flexibility index (Phi) is 11.9. The maximum absolute atomic E-state index is 3.89. The number of hydrogen-bond acceptors (Lipinski definition) is 0. The molecule has 4 heteroatoms. The molecular weight excluding hydrogens is 704 g/mol. The van der Waals surface area contributed by atoms with Gasteiger partial charge in [0, 0.05) is 18.8 Å². The van der Waals surface area contributed by atoms with Gasteiger partial charge in [0.1, 0.15) is 0 Å². The van der Waals surface area contributed by atoms with Crippen LogP contribution in [0.5, 0.6) is 0 Å². The molecule has 0 N–H and O–H groups in total. The Morgan fingerprint density at radius 3 is 2.31 bits per heavy atom. The molecule has 0 radical (unpaired) electrons. The fraction of sp³-hybridized carbons (Fsp3) is 0.125. The average molecular weight is 732 g/mol. The van der Waals surface area contributed by atoms with Gasteiger partial charge in [0.25, 0.3) is 0 Å². The van der Waals surface area contributed by atoms with E-state index in [2.05, 4.69) is 162 Å². The Bertz CT molecular complexity index is 1370. The highest BCUT2D eigenvalue weighted by Gasteiger charge is 2.13. The van der Waals surface area contributed by atoms with Gasteiger partial charge in [0.05, 0.1) is 0 Å². The second-order valence-corrected chi connectivity index (χ2v) is 11.3. The van der Waals surface area contributed by atoms with E-state index in [1.54, 1.807) is 6.08 Å². The van der Waals surface area contributed by atoms with E-state index < -0.39 is 0 Å². The Labute approximate surface area is 248 Å². The first-order chi connectivity index (χ1) is 17.5. The summed E-state index contributed by atoms with van der Waals surface area (Å²) >= 11 is 15.1. The average Bonchev–Trinajstić information content (AvgIpc) is 2.88. The lowest BCUT2D eigenvalue weighted by atomic mass is 9.96. The highest BCUT2D eigenvalue weighted by atomic mass is 79.9. The lowest BCUT2D eigenvalue weighted by Gasteiger charge is -2.14. The molecule has 0 spiro atoms. The zero-order valence-electron chi connectivity index (χ0n) is 20.2. The monoisotopic (exact) mass is 728 g/mol. The lowest BCUT2D eigenvalue weighted by molar-refractivity contribution is 1.24. The summed E-state index contributed by atoms with van der Waals surface area (Å²) in [4.78, 5) is 0. The number of hydrogen-bond donors (Lipinski definition) is 0. The predicted molar refractivity (Wildman–Crippen MR) is 175 cm³/mol. The van der Waals surface area contributed by atoms with Crippen molar-refractivity contribution >= 4 is 86.1 Å². The van der Waals surface area contributed by atoms with E-state index >= 15 is 0 Å². The molecule has 0 aliphatic heterocycles. The summed E-state index contributed by atoms with van der Waals surface area (Å²) in [7, 11) is 0. The van der Waals surface area contributed by atoms with Gasteiger partial charge in [-0.25, -0.2) is 0 Å². The van der Waals surface area contributed by atoms with Crippen LogP contribution in [0.1, 0.15) is 29.2 Å². The van der Waals surface area contributed by atoms with Gasteiger partial charge in [-0.2, -0.15) is 0 Å². The third-order valence-corrected chi connectivity index (χ3v) is 8.15. The minimum atomic E-state index is 0.755. The first-order valence-corrected chi connectivity index (χ1v) is 15.2. The van der Waals surface area contributed by atoms with Crippen LogP contribution in [0, 0.1) is 0 Å². The quantitative estimate of drug-likeness (QED) is 0.111. The first-order valence-electron chi connectivity index (χ1n) is 11.7. The number of allylic oxidation sites excluding steroid dienone is 10. The highest BCUT2D eigenvalue weighted by Crippen LogP contribution is 2.36. The highest BCUT2D eigenvalue weighted by molar-refractivity contribution is 9.12. The van der Waals surface area contributed by atoms with E-state index in [4.69, 9.17) is 0 Å². The van der Waals surface area contributed by atoms with Crippen molar-refractivity contribution in [3.63, 3.8) is 0 Å². The number of fused-ring (bicyclic) bond motifs is 1. The van der Waals surface area contributed by atoms with Crippen LogP contribution in [0.2, 0.25) is 0 Å². The van der Waals surface area contributed by atoms with Gasteiger partial charge < -0.3 is 0 Å². The summed E-state index contributed by atoms with van der Waals surface area (Å²) in [5.41, 5.74) is 6.00. The van der Waals surface area contributed by atoms with E-state index in [9.17, 15) is 0 Å². The third-order valence-electron chi connectivity index (χ3n) is 5.68. The molecule has 0 bridgehead atoms. The molecule has 3 aromatic rings. The Morgan fingerprint density at radius 2 is 1.61 bits per heavy atom. The predicted octanol–water partition coefficient (Wildman–Crippen LogP) is 11.5. The molecule has 184 valence electrons. The summed E-state index contributed by atoms with van der Waals surface area (Å²) in [5.74, 6) is 0. The van der Waals surface area contributed by atoms with E-state index in [0.717, 1.165) is 42.7 Å². The molecule has 0 atom stereocenters. The topological polar surface area (TPSA) is 0 Å². The second-order valence-electron chi connectivity index (χ2n) is 8.10. The van der Waals surface area contributed by atoms with E-state index in [1.807, 2.05) is 12.2 Å². The summed E-state index contributed by atoms with van der Waals surface area (Å²) in [6.45, 7) is 5.80. The number of alkyl halides is 1. The molecule has 0 saturated carbocycles. The van der Waals surface area contributed by atoms with Crippen LogP contribution < -0.4 is 0 Å². The summed E-state index contributed by atoms with van der Waals surface area (Å²) in [5, 5.41) is 3.24. The van der Waals surface area contributed by atoms with Crippen molar-refractivity contribution < 1.29 is 0 Å². The molecule has 3 rings (SSSR count). The summed E-state index contributed by atoms with van der Waals surface area (Å²) < 4.78 is 3.26. The van der Waals surface area contributed by atoms with Crippen molar-refractivity contribution in [3.05, 3.63) is 139 Å². The van der Waals surface area contributed by atoms with Crippen LogP contribution in [0.4, 0.5) is 0 Å². The minimum Gasteiger partial charge on any atom is -0.0991 e. The van der Waals surface area contributed by atoms with E-state index in [-0.39, 0.29) is 0 Å². The van der Waals surface area contributed by atoms with Crippen molar-refractivity contribution in [1.82, 2.24) is 0 Å². The molecule has 0 aliphatic carbocycles. The lowest BCUT2D eigenvalue weighted by Crippen LogP contribution is -1.95. The molecule has 0 unspecified atom stereocenters. The standard InChI is InChI=1S/C32H28Br4/c1-3-5-7-8-12-24-20-29(32(36)22-25(24)11-6-4-2)28(17-18-33)30(34)16-15-27-19-23-13-9-10-14-26(23)21-31(27)35/h3-10,12-14,16-17,19-22H,1,11,15,18H2,2H3/b6-4-,7-5-,12-8+,28-17-,30-16+. The fourth-order valence-electron chi connectivity index (χ4n) is 3.86. The summed E-state index contributed by atoms with van der Waals surface area (Å²) in [6.07, 6.45) is 20.3. The second kappa shape index (κ2) is 14.9. The molecule has 0 amide bonds. The molecule has 0 aromatic heterocycles. The molecule has 0 saturated heterocycles. The van der Waals surface area contributed by atoms with Gasteiger partial charge in [-0.05, 0) is 82.6 Å². The van der Waals surface area contributed by atoms with Crippen LogP contribution in [-0.4, -0.2) is 5.33 Å². The summed E-state index contributed by atoms with van der Waals surface area (Å²) in [6, 6.07) is 17.4. The maximum atomic E-state index is 3.89. The van der Waals surface area contributed by atoms with Gasteiger partial charge in [0.2, 0.25) is 0 Å². The largest absolute Gasteiger partial charge is 0.0991 e. The van der Waals surface area contributed by atoms with Crippen molar-refractivity contribution in [2.24, 2.45) is 0 Å². The van der Waals surface area contributed by atoms with Gasteiger partial charge in [-0.3, -0.25) is 0 Å². The molecule has 0 nitrogen and oxygen atoms in total. The van der Waals surface area contributed by atoms with Gasteiger partial charge >= 0.3 is 0 Å². The Hall–Kier alpha value is -1.72. The van der Waals surface area contributed by atoms with Crippen LogP contribution in [0.3, 0.4) is 0 Å². The van der Waals surface area contributed by atoms with Crippen molar-refractivity contribution in [2.75, 3.05) is 5.33 Å². The third kappa shape index (κ3) is 7.89. The van der Waals surface area contributed by atoms with Crippen LogP contribution in [-0.2, 0) is 12.8 Å². The molecule has 0 fully saturated rings. The van der Waals surface area contributed by atoms with Crippen molar-refractivity contribution in [1.29, 1.82) is 0 Å². The zero-order chi connectivity index (χ0) is 25.9. The Balaban J connectivity index is 2.00. The maximum Gasteiger partial charge on any atom is 0.0257 e. The number of benzene rings is 3. The smallest absolute Gasteiger partial charge is 0.0257 e. The van der Waals surface area contributed by atoms with Crippen molar-refractivity contribution in [3.8, 4) is 0 Å². The number of rotatable bonds is 10. The SMILES string of the molecule is C=C/C=C\C=C\c1cc(C(=C/CBr)/C(Br)=C\Cc2cc3ccccc3cc2Br)c(Br)cc1C/C=C\C. The van der Waals surface area contributed by atoms with Gasteiger partial charge in [-0.15, -0.1) is 0 Å². The van der Waals surface area contributed by atoms with E-state index in [1.165, 1.54) is 27.5 Å². The van der Waals surface area contributed by atoms with Gasteiger partial charge in [0.15, 0.2) is 0 Å². The Morgan fingerprint density at radius 1 is 0.861 bits per heavy atom. The van der Waals surface area contributed by atoms with Gasteiger partial charge in [-0.1, -0.05) is 149 Å². The number of halogens is 4. The van der Waals surface area contributed by atoms with Crippen LogP contribution >= 0.6 is 63.7 Å². The molecule has 0 heterocycles. The zero-order valence-corrected chi connectivity index (χ0v) is 26.5. The molecule has 3 aromatic carbocycles. The van der Waals surface area contributed by atoms with Crippen molar-refractivity contribution in [2.45, 2.75) is 19.8 Å². The molecule has 36 heavy (non-hydrogen) atoms. The normalized spacial score (nSPS) is 13.0. The van der Waals surface area contributed by atoms with Crippen LogP contribution in [0.15, 0.2) is 117 Å². The first kappa shape index (κ1) is 28.8. The van der Waals surface area contributed by atoms with E-state index in [0.29, 0.717) is 0 Å².